The Bertz CT molecular complexity index is 723. The minimum atomic E-state index is -0.569. The summed E-state index contributed by atoms with van der Waals surface area (Å²) in [4.78, 5) is 12.5. The zero-order valence-corrected chi connectivity index (χ0v) is 13.9. The highest BCUT2D eigenvalue weighted by molar-refractivity contribution is 5.86. The molecule has 126 valence electrons. The van der Waals surface area contributed by atoms with E-state index in [9.17, 15) is 9.18 Å². The third kappa shape index (κ3) is 3.34. The summed E-state index contributed by atoms with van der Waals surface area (Å²) in [5.41, 5.74) is 1.90. The van der Waals surface area contributed by atoms with Gasteiger partial charge in [-0.1, -0.05) is 42.5 Å². The van der Waals surface area contributed by atoms with Crippen LogP contribution in [0, 0.1) is 5.82 Å². The summed E-state index contributed by atoms with van der Waals surface area (Å²) in [5, 5.41) is 6.21. The molecule has 1 aliphatic heterocycles. The predicted octanol–water partition coefficient (Wildman–Crippen LogP) is 3.29. The summed E-state index contributed by atoms with van der Waals surface area (Å²) in [7, 11) is 1.68. The van der Waals surface area contributed by atoms with Gasteiger partial charge in [0.2, 0.25) is 5.91 Å². The van der Waals surface area contributed by atoms with Crippen molar-refractivity contribution in [1.82, 2.24) is 10.6 Å². The highest BCUT2D eigenvalue weighted by atomic mass is 19.1. The van der Waals surface area contributed by atoms with E-state index >= 15 is 0 Å². The molecule has 1 fully saturated rings. The SMILES string of the molecule is CNC(=O)C1(Cc2cccc(-c3ccccc3F)c2)CCCCN1. The zero-order chi connectivity index (χ0) is 17.0. The molecule has 0 spiro atoms. The van der Waals surface area contributed by atoms with E-state index in [-0.39, 0.29) is 11.7 Å². The molecule has 1 amide bonds. The fraction of sp³-hybridized carbons (Fsp3) is 0.350. The second-order valence-electron chi connectivity index (χ2n) is 6.40. The van der Waals surface area contributed by atoms with Crippen molar-refractivity contribution in [1.29, 1.82) is 0 Å². The lowest BCUT2D eigenvalue weighted by molar-refractivity contribution is -0.128. The van der Waals surface area contributed by atoms with Gasteiger partial charge in [0.1, 0.15) is 11.4 Å². The molecule has 1 unspecified atom stereocenters. The molecule has 1 aliphatic rings. The number of carbonyl (C=O) groups excluding carboxylic acids is 1. The van der Waals surface area contributed by atoms with Crippen molar-refractivity contribution in [2.75, 3.05) is 13.6 Å². The van der Waals surface area contributed by atoms with Gasteiger partial charge in [-0.05, 0) is 49.4 Å². The molecule has 2 aromatic carbocycles. The number of piperidine rings is 1. The number of hydrogen-bond acceptors (Lipinski definition) is 2. The summed E-state index contributed by atoms with van der Waals surface area (Å²) in [5.74, 6) is -0.204. The largest absolute Gasteiger partial charge is 0.358 e. The number of rotatable bonds is 4. The van der Waals surface area contributed by atoms with Crippen molar-refractivity contribution in [3.05, 3.63) is 59.9 Å². The quantitative estimate of drug-likeness (QED) is 0.905. The average molecular weight is 326 g/mol. The van der Waals surface area contributed by atoms with Crippen molar-refractivity contribution in [3.8, 4) is 11.1 Å². The molecule has 2 aromatic rings. The Balaban J connectivity index is 1.91. The molecule has 1 heterocycles. The second-order valence-corrected chi connectivity index (χ2v) is 6.40. The third-order valence-electron chi connectivity index (χ3n) is 4.77. The van der Waals surface area contributed by atoms with Gasteiger partial charge >= 0.3 is 0 Å². The number of carbonyl (C=O) groups is 1. The van der Waals surface area contributed by atoms with Crippen LogP contribution in [0.2, 0.25) is 0 Å². The Morgan fingerprint density at radius 1 is 1.21 bits per heavy atom. The number of benzene rings is 2. The summed E-state index contributed by atoms with van der Waals surface area (Å²) < 4.78 is 14.0. The normalized spacial score (nSPS) is 20.6. The van der Waals surface area contributed by atoms with E-state index in [1.54, 1.807) is 19.2 Å². The molecule has 0 bridgehead atoms. The Morgan fingerprint density at radius 3 is 2.75 bits per heavy atom. The van der Waals surface area contributed by atoms with E-state index in [4.69, 9.17) is 0 Å². The van der Waals surface area contributed by atoms with Gasteiger partial charge in [0.15, 0.2) is 0 Å². The highest BCUT2D eigenvalue weighted by Gasteiger charge is 2.38. The van der Waals surface area contributed by atoms with Gasteiger partial charge in [0.25, 0.3) is 0 Å². The maximum absolute atomic E-state index is 14.0. The van der Waals surface area contributed by atoms with Crippen LogP contribution in [0.5, 0.6) is 0 Å². The highest BCUT2D eigenvalue weighted by Crippen LogP contribution is 2.28. The molecule has 0 aliphatic carbocycles. The van der Waals surface area contributed by atoms with Crippen LogP contribution in [0.15, 0.2) is 48.5 Å². The molecular weight excluding hydrogens is 303 g/mol. The maximum atomic E-state index is 14.0. The first-order valence-corrected chi connectivity index (χ1v) is 8.46. The van der Waals surface area contributed by atoms with Crippen molar-refractivity contribution in [2.24, 2.45) is 0 Å². The topological polar surface area (TPSA) is 41.1 Å². The van der Waals surface area contributed by atoms with Crippen molar-refractivity contribution >= 4 is 5.91 Å². The molecule has 1 atom stereocenters. The zero-order valence-electron chi connectivity index (χ0n) is 13.9. The molecule has 0 saturated carbocycles. The third-order valence-corrected chi connectivity index (χ3v) is 4.77. The molecule has 1 saturated heterocycles. The van der Waals surface area contributed by atoms with Crippen LogP contribution in [0.25, 0.3) is 11.1 Å². The molecule has 0 aromatic heterocycles. The van der Waals surface area contributed by atoms with E-state index in [1.165, 1.54) is 6.07 Å². The lowest BCUT2D eigenvalue weighted by Crippen LogP contribution is -2.59. The van der Waals surface area contributed by atoms with Crippen LogP contribution >= 0.6 is 0 Å². The first kappa shape index (κ1) is 16.7. The number of halogens is 1. The Labute approximate surface area is 142 Å². The first-order valence-electron chi connectivity index (χ1n) is 8.46. The smallest absolute Gasteiger partial charge is 0.240 e. The Hall–Kier alpha value is -2.20. The minimum absolute atomic E-state index is 0.0264. The van der Waals surface area contributed by atoms with Crippen LogP contribution in [0.1, 0.15) is 24.8 Å². The number of amides is 1. The fourth-order valence-corrected chi connectivity index (χ4v) is 3.52. The standard InChI is InChI=1S/C20H23FN2O/c1-22-19(24)20(11-4-5-12-23-20)14-15-7-6-8-16(13-15)17-9-2-3-10-18(17)21/h2-3,6-10,13,23H,4-5,11-12,14H2,1H3,(H,22,24). The van der Waals surface area contributed by atoms with Crippen LogP contribution in [-0.2, 0) is 11.2 Å². The predicted molar refractivity (Wildman–Crippen MR) is 94.2 cm³/mol. The Kier molecular flexibility index (Phi) is 4.95. The Morgan fingerprint density at radius 2 is 2.04 bits per heavy atom. The fourth-order valence-electron chi connectivity index (χ4n) is 3.52. The summed E-state index contributed by atoms with van der Waals surface area (Å²) in [6.45, 7) is 0.848. The summed E-state index contributed by atoms with van der Waals surface area (Å²) >= 11 is 0. The van der Waals surface area contributed by atoms with Crippen molar-refractivity contribution in [2.45, 2.75) is 31.2 Å². The molecule has 3 rings (SSSR count). The van der Waals surface area contributed by atoms with E-state index in [2.05, 4.69) is 10.6 Å². The second kappa shape index (κ2) is 7.14. The van der Waals surface area contributed by atoms with Gasteiger partial charge in [-0.3, -0.25) is 4.79 Å². The van der Waals surface area contributed by atoms with Crippen LogP contribution in [0.3, 0.4) is 0 Å². The first-order chi connectivity index (χ1) is 11.6. The van der Waals surface area contributed by atoms with Gasteiger partial charge in [-0.15, -0.1) is 0 Å². The van der Waals surface area contributed by atoms with Gasteiger partial charge in [0.05, 0.1) is 0 Å². The van der Waals surface area contributed by atoms with Gasteiger partial charge in [-0.2, -0.15) is 0 Å². The lowest BCUT2D eigenvalue weighted by atomic mass is 9.82. The molecule has 2 N–H and O–H groups in total. The number of nitrogens with one attached hydrogen (secondary N) is 2. The van der Waals surface area contributed by atoms with Gasteiger partial charge in [-0.25, -0.2) is 4.39 Å². The molecule has 0 radical (unpaired) electrons. The van der Waals surface area contributed by atoms with E-state index < -0.39 is 5.54 Å². The lowest BCUT2D eigenvalue weighted by Gasteiger charge is -2.37. The molecular formula is C20H23FN2O. The average Bonchev–Trinajstić information content (AvgIpc) is 2.62. The van der Waals surface area contributed by atoms with Crippen LogP contribution < -0.4 is 10.6 Å². The van der Waals surface area contributed by atoms with E-state index in [1.807, 2.05) is 30.3 Å². The summed E-state index contributed by atoms with van der Waals surface area (Å²) in [6, 6.07) is 14.6. The monoisotopic (exact) mass is 326 g/mol. The molecule has 24 heavy (non-hydrogen) atoms. The van der Waals surface area contributed by atoms with Crippen LogP contribution in [-0.4, -0.2) is 25.0 Å². The number of hydrogen-bond donors (Lipinski definition) is 2. The minimum Gasteiger partial charge on any atom is -0.358 e. The molecule has 3 nitrogen and oxygen atoms in total. The van der Waals surface area contributed by atoms with E-state index in [0.29, 0.717) is 12.0 Å². The van der Waals surface area contributed by atoms with Crippen molar-refractivity contribution in [3.63, 3.8) is 0 Å². The van der Waals surface area contributed by atoms with Gasteiger partial charge in [0, 0.05) is 12.6 Å². The summed E-state index contributed by atoms with van der Waals surface area (Å²) in [6.07, 6.45) is 3.55. The maximum Gasteiger partial charge on any atom is 0.240 e. The number of likely N-dealkylation sites (N-methyl/N-ethyl adjacent to an activating group) is 1. The van der Waals surface area contributed by atoms with Gasteiger partial charge < -0.3 is 10.6 Å². The van der Waals surface area contributed by atoms with Crippen molar-refractivity contribution < 1.29 is 9.18 Å². The molecule has 4 heteroatoms. The van der Waals surface area contributed by atoms with Crippen LogP contribution in [0.4, 0.5) is 4.39 Å². The van der Waals surface area contributed by atoms with E-state index in [0.717, 1.165) is 36.9 Å².